The number of aromatic nitrogens is 2. The number of nitrogens with zero attached hydrogens (tertiary/aromatic N) is 2. The quantitative estimate of drug-likeness (QED) is 0.889. The van der Waals surface area contributed by atoms with Crippen molar-refractivity contribution < 1.29 is 4.52 Å². The lowest BCUT2D eigenvalue weighted by Crippen LogP contribution is -2.23. The number of thioether (sulfide) groups is 2. The van der Waals surface area contributed by atoms with E-state index in [0.717, 1.165) is 23.9 Å². The molecule has 1 aliphatic rings. The molecule has 0 aromatic carbocycles. The van der Waals surface area contributed by atoms with Gasteiger partial charge in [-0.1, -0.05) is 5.16 Å². The maximum Gasteiger partial charge on any atom is 0.228 e. The van der Waals surface area contributed by atoms with Gasteiger partial charge in [-0.15, -0.1) is 11.8 Å². The minimum atomic E-state index is 0.377. The largest absolute Gasteiger partial charge is 0.339 e. The maximum atomic E-state index is 5.27. The smallest absolute Gasteiger partial charge is 0.228 e. The third-order valence-electron chi connectivity index (χ3n) is 2.56. The summed E-state index contributed by atoms with van der Waals surface area (Å²) in [4.78, 5) is 4.47. The Morgan fingerprint density at radius 3 is 3.12 bits per heavy atom. The highest BCUT2D eigenvalue weighted by Gasteiger charge is 2.22. The van der Waals surface area contributed by atoms with Crippen LogP contribution in [-0.2, 0) is 6.42 Å². The molecule has 0 saturated carbocycles. The lowest BCUT2D eigenvalue weighted by molar-refractivity contribution is 0.361. The highest BCUT2D eigenvalue weighted by molar-refractivity contribution is 8.06. The molecule has 6 heteroatoms. The van der Waals surface area contributed by atoms with Gasteiger partial charge in [-0.3, -0.25) is 0 Å². The molecule has 0 amide bonds. The summed E-state index contributed by atoms with van der Waals surface area (Å²) in [5.74, 6) is 5.14. The van der Waals surface area contributed by atoms with Crippen LogP contribution in [0.1, 0.15) is 23.9 Å². The second kappa shape index (κ2) is 5.93. The summed E-state index contributed by atoms with van der Waals surface area (Å²) in [7, 11) is 1.94. The van der Waals surface area contributed by atoms with Crippen molar-refractivity contribution in [2.45, 2.75) is 24.6 Å². The fourth-order valence-electron chi connectivity index (χ4n) is 1.48. The van der Waals surface area contributed by atoms with E-state index in [9.17, 15) is 0 Å². The second-order valence-electron chi connectivity index (χ2n) is 3.87. The van der Waals surface area contributed by atoms with Gasteiger partial charge in [-0.05, 0) is 14.0 Å². The third-order valence-corrected chi connectivity index (χ3v) is 5.31. The van der Waals surface area contributed by atoms with Crippen LogP contribution in [0.15, 0.2) is 4.52 Å². The lowest BCUT2D eigenvalue weighted by Gasteiger charge is -2.17. The molecule has 1 saturated heterocycles. The van der Waals surface area contributed by atoms with E-state index in [2.05, 4.69) is 22.4 Å². The van der Waals surface area contributed by atoms with Gasteiger partial charge in [0.25, 0.3) is 0 Å². The topological polar surface area (TPSA) is 51.0 Å². The average Bonchev–Trinajstić information content (AvgIpc) is 2.78. The van der Waals surface area contributed by atoms with Crippen LogP contribution in [0.4, 0.5) is 0 Å². The molecular formula is C10H17N3OS2. The first kappa shape index (κ1) is 12.3. The molecule has 0 spiro atoms. The first-order chi connectivity index (χ1) is 7.79. The van der Waals surface area contributed by atoms with Gasteiger partial charge in [0.15, 0.2) is 5.82 Å². The number of nitrogens with one attached hydrogen (secondary N) is 1. The molecule has 2 heterocycles. The molecule has 90 valence electrons. The molecule has 2 atom stereocenters. The van der Waals surface area contributed by atoms with E-state index in [4.69, 9.17) is 4.52 Å². The Kier molecular flexibility index (Phi) is 4.55. The average molecular weight is 259 g/mol. The van der Waals surface area contributed by atoms with E-state index in [1.807, 2.05) is 30.6 Å². The second-order valence-corrected chi connectivity index (χ2v) is 6.33. The van der Waals surface area contributed by atoms with Gasteiger partial charge in [0.1, 0.15) is 0 Å². The van der Waals surface area contributed by atoms with Gasteiger partial charge in [0.2, 0.25) is 5.89 Å². The van der Waals surface area contributed by atoms with Crippen molar-refractivity contribution in [2.24, 2.45) is 0 Å². The van der Waals surface area contributed by atoms with Crippen LogP contribution in [0.3, 0.4) is 0 Å². The summed E-state index contributed by atoms with van der Waals surface area (Å²) in [6, 6.07) is 0.377. The summed E-state index contributed by atoms with van der Waals surface area (Å²) in [5, 5.41) is 7.66. The Morgan fingerprint density at radius 2 is 2.44 bits per heavy atom. The van der Waals surface area contributed by atoms with Crippen molar-refractivity contribution in [3.63, 3.8) is 0 Å². The Labute approximate surface area is 104 Å². The van der Waals surface area contributed by atoms with Gasteiger partial charge >= 0.3 is 0 Å². The van der Waals surface area contributed by atoms with E-state index < -0.39 is 0 Å². The Morgan fingerprint density at radius 1 is 1.56 bits per heavy atom. The molecule has 16 heavy (non-hydrogen) atoms. The molecule has 1 aliphatic heterocycles. The lowest BCUT2D eigenvalue weighted by atomic mass is 10.2. The molecule has 2 unspecified atom stereocenters. The van der Waals surface area contributed by atoms with Crippen molar-refractivity contribution in [3.8, 4) is 0 Å². The molecular weight excluding hydrogens is 242 g/mol. The van der Waals surface area contributed by atoms with Crippen molar-refractivity contribution in [1.29, 1.82) is 0 Å². The highest BCUT2D eigenvalue weighted by atomic mass is 32.2. The normalized spacial score (nSPS) is 23.2. The van der Waals surface area contributed by atoms with Gasteiger partial charge in [0, 0.05) is 29.7 Å². The Balaban J connectivity index is 1.95. The number of likely N-dealkylation sites (N-methyl/N-ethyl adjacent to an activating group) is 1. The van der Waals surface area contributed by atoms with Crippen LogP contribution in [0.5, 0.6) is 0 Å². The summed E-state index contributed by atoms with van der Waals surface area (Å²) in [5.41, 5.74) is 0. The van der Waals surface area contributed by atoms with E-state index in [1.165, 1.54) is 11.5 Å². The summed E-state index contributed by atoms with van der Waals surface area (Å²) < 4.78 is 5.27. The zero-order valence-corrected chi connectivity index (χ0v) is 11.2. The summed E-state index contributed by atoms with van der Waals surface area (Å²) in [6.45, 7) is 2.11. The van der Waals surface area contributed by atoms with Crippen molar-refractivity contribution in [2.75, 3.05) is 24.3 Å². The van der Waals surface area contributed by atoms with Crippen LogP contribution >= 0.6 is 23.5 Å². The molecule has 1 fully saturated rings. The number of rotatable bonds is 4. The SMILES string of the molecule is CNC(C)Cc1nc(C2CSCCS2)no1. The fraction of sp³-hybridized carbons (Fsp3) is 0.800. The molecule has 1 aromatic heterocycles. The molecule has 1 N–H and O–H groups in total. The number of hydrogen-bond donors (Lipinski definition) is 1. The standard InChI is InChI=1S/C10H17N3OS2/c1-7(11-2)5-9-12-10(13-14-9)8-6-15-3-4-16-8/h7-8,11H,3-6H2,1-2H3. The highest BCUT2D eigenvalue weighted by Crippen LogP contribution is 2.35. The summed E-state index contributed by atoms with van der Waals surface area (Å²) >= 11 is 3.90. The van der Waals surface area contributed by atoms with Crippen LogP contribution in [0.25, 0.3) is 0 Å². The third kappa shape index (κ3) is 3.15. The fourth-order valence-corrected chi connectivity index (χ4v) is 4.07. The van der Waals surface area contributed by atoms with E-state index in [0.29, 0.717) is 11.3 Å². The van der Waals surface area contributed by atoms with Gasteiger partial charge < -0.3 is 9.84 Å². The van der Waals surface area contributed by atoms with Crippen molar-refractivity contribution in [1.82, 2.24) is 15.5 Å². The minimum absolute atomic E-state index is 0.377. The Bertz CT molecular complexity index is 326. The Hall–Kier alpha value is -0.200. The van der Waals surface area contributed by atoms with Gasteiger partial charge in [0.05, 0.1) is 5.25 Å². The predicted octanol–water partition coefficient (Wildman–Crippen LogP) is 1.74. The summed E-state index contributed by atoms with van der Waals surface area (Å²) in [6.07, 6.45) is 0.800. The van der Waals surface area contributed by atoms with Crippen LogP contribution < -0.4 is 5.32 Å². The van der Waals surface area contributed by atoms with Crippen molar-refractivity contribution >= 4 is 23.5 Å². The van der Waals surface area contributed by atoms with E-state index in [-0.39, 0.29) is 0 Å². The van der Waals surface area contributed by atoms with Gasteiger partial charge in [-0.25, -0.2) is 0 Å². The monoisotopic (exact) mass is 259 g/mol. The predicted molar refractivity (Wildman–Crippen MR) is 69.0 cm³/mol. The molecule has 0 aliphatic carbocycles. The van der Waals surface area contributed by atoms with Crippen LogP contribution in [-0.4, -0.2) is 40.5 Å². The minimum Gasteiger partial charge on any atom is -0.339 e. The molecule has 1 aromatic rings. The maximum absolute atomic E-state index is 5.27. The van der Waals surface area contributed by atoms with Crippen molar-refractivity contribution in [3.05, 3.63) is 11.7 Å². The number of hydrogen-bond acceptors (Lipinski definition) is 6. The van der Waals surface area contributed by atoms with E-state index in [1.54, 1.807) is 0 Å². The van der Waals surface area contributed by atoms with Crippen LogP contribution in [0, 0.1) is 0 Å². The first-order valence-electron chi connectivity index (χ1n) is 5.48. The van der Waals surface area contributed by atoms with Gasteiger partial charge in [-0.2, -0.15) is 16.7 Å². The molecule has 0 bridgehead atoms. The zero-order chi connectivity index (χ0) is 11.4. The molecule has 2 rings (SSSR count). The molecule has 4 nitrogen and oxygen atoms in total. The molecule has 0 radical (unpaired) electrons. The first-order valence-corrected chi connectivity index (χ1v) is 7.69. The van der Waals surface area contributed by atoms with Crippen LogP contribution in [0.2, 0.25) is 0 Å². The van der Waals surface area contributed by atoms with E-state index >= 15 is 0 Å². The zero-order valence-electron chi connectivity index (χ0n) is 9.60.